The molecule has 0 spiro atoms. The number of hydrogen-bond acceptors (Lipinski definition) is 5. The number of carbonyl (C=O) groups excluding carboxylic acids is 1. The number of nitriles is 1. The first-order valence-electron chi connectivity index (χ1n) is 8.09. The van der Waals surface area contributed by atoms with Crippen LogP contribution >= 0.6 is 0 Å². The second kappa shape index (κ2) is 7.62. The van der Waals surface area contributed by atoms with Crippen LogP contribution in [0.2, 0.25) is 0 Å². The molecular weight excluding hydrogens is 330 g/mol. The molecule has 132 valence electrons. The van der Waals surface area contributed by atoms with Crippen molar-refractivity contribution in [2.45, 2.75) is 19.3 Å². The third-order valence-electron chi connectivity index (χ3n) is 4.25. The molecule has 1 aromatic rings. The molecule has 1 aliphatic carbocycles. The summed E-state index contributed by atoms with van der Waals surface area (Å²) >= 11 is 0. The van der Waals surface area contributed by atoms with Crippen molar-refractivity contribution in [3.8, 4) is 11.8 Å². The van der Waals surface area contributed by atoms with Gasteiger partial charge in [-0.3, -0.25) is 4.79 Å². The van der Waals surface area contributed by atoms with Crippen LogP contribution in [-0.2, 0) is 16.0 Å². The fraction of sp³-hybridized carbons (Fsp3) is 0.444. The van der Waals surface area contributed by atoms with E-state index in [1.807, 2.05) is 17.0 Å². The molecule has 0 saturated carbocycles. The quantitative estimate of drug-likeness (QED) is 0.791. The SMILES string of the molecule is N#CCC(=O)C1=Cc2cc(OCC(F)F)c(N3CCOCC3)cc2C1. The summed E-state index contributed by atoms with van der Waals surface area (Å²) in [5.74, 6) is 0.174. The predicted octanol–water partition coefficient (Wildman–Crippen LogP) is 2.59. The van der Waals surface area contributed by atoms with E-state index in [1.54, 1.807) is 12.1 Å². The Morgan fingerprint density at radius 3 is 2.80 bits per heavy atom. The van der Waals surface area contributed by atoms with E-state index in [1.165, 1.54) is 0 Å². The number of benzene rings is 1. The average molecular weight is 348 g/mol. The molecule has 1 aromatic carbocycles. The highest BCUT2D eigenvalue weighted by Gasteiger charge is 2.24. The van der Waals surface area contributed by atoms with E-state index >= 15 is 0 Å². The summed E-state index contributed by atoms with van der Waals surface area (Å²) in [6, 6.07) is 5.45. The van der Waals surface area contributed by atoms with Gasteiger partial charge in [0.1, 0.15) is 12.4 Å². The first-order chi connectivity index (χ1) is 12.1. The van der Waals surface area contributed by atoms with Crippen molar-refractivity contribution in [1.29, 1.82) is 5.26 Å². The van der Waals surface area contributed by atoms with Crippen molar-refractivity contribution in [1.82, 2.24) is 0 Å². The van der Waals surface area contributed by atoms with E-state index in [4.69, 9.17) is 14.7 Å². The Kier molecular flexibility index (Phi) is 5.29. The molecular formula is C18H18F2N2O3. The van der Waals surface area contributed by atoms with Crippen LogP contribution in [-0.4, -0.2) is 45.1 Å². The van der Waals surface area contributed by atoms with Crippen LogP contribution in [0.15, 0.2) is 17.7 Å². The van der Waals surface area contributed by atoms with Gasteiger partial charge >= 0.3 is 0 Å². The number of hydrogen-bond donors (Lipinski definition) is 0. The summed E-state index contributed by atoms with van der Waals surface area (Å²) in [7, 11) is 0. The molecule has 0 amide bonds. The summed E-state index contributed by atoms with van der Waals surface area (Å²) in [5, 5.41) is 8.69. The van der Waals surface area contributed by atoms with Crippen molar-refractivity contribution in [3.63, 3.8) is 0 Å². The van der Waals surface area contributed by atoms with Crippen LogP contribution in [0.25, 0.3) is 6.08 Å². The zero-order valence-corrected chi connectivity index (χ0v) is 13.6. The average Bonchev–Trinajstić information content (AvgIpc) is 3.03. The molecule has 0 atom stereocenters. The Hall–Kier alpha value is -2.46. The summed E-state index contributed by atoms with van der Waals surface area (Å²) in [6.07, 6.45) is -0.560. The molecule has 25 heavy (non-hydrogen) atoms. The molecule has 2 aliphatic rings. The normalized spacial score (nSPS) is 16.4. The number of rotatable bonds is 6. The largest absolute Gasteiger partial charge is 0.485 e. The van der Waals surface area contributed by atoms with Crippen LogP contribution < -0.4 is 9.64 Å². The highest BCUT2D eigenvalue weighted by molar-refractivity contribution is 6.03. The Balaban J connectivity index is 1.90. The fourth-order valence-electron chi connectivity index (χ4n) is 3.04. The van der Waals surface area contributed by atoms with E-state index in [0.717, 1.165) is 16.8 Å². The number of anilines is 1. The first kappa shape index (κ1) is 17.4. The maximum atomic E-state index is 12.6. The molecule has 1 saturated heterocycles. The highest BCUT2D eigenvalue weighted by Crippen LogP contribution is 2.37. The molecule has 7 heteroatoms. The number of morpholine rings is 1. The third-order valence-corrected chi connectivity index (χ3v) is 4.25. The molecule has 0 aromatic heterocycles. The van der Waals surface area contributed by atoms with Gasteiger partial charge in [0, 0.05) is 25.1 Å². The van der Waals surface area contributed by atoms with E-state index in [0.29, 0.717) is 44.0 Å². The van der Waals surface area contributed by atoms with Gasteiger partial charge in [-0.25, -0.2) is 8.78 Å². The second-order valence-corrected chi connectivity index (χ2v) is 5.92. The Morgan fingerprint density at radius 1 is 1.36 bits per heavy atom. The third kappa shape index (κ3) is 3.97. The molecule has 1 aliphatic heterocycles. The molecule has 0 bridgehead atoms. The number of carbonyl (C=O) groups is 1. The zero-order valence-electron chi connectivity index (χ0n) is 13.6. The van der Waals surface area contributed by atoms with Crippen LogP contribution in [0.1, 0.15) is 17.5 Å². The van der Waals surface area contributed by atoms with E-state index in [-0.39, 0.29) is 12.2 Å². The van der Waals surface area contributed by atoms with Crippen molar-refractivity contribution < 1.29 is 23.0 Å². The maximum Gasteiger partial charge on any atom is 0.272 e. The number of halogens is 2. The molecule has 0 N–H and O–H groups in total. The second-order valence-electron chi connectivity index (χ2n) is 5.92. The molecule has 1 fully saturated rings. The topological polar surface area (TPSA) is 62.6 Å². The lowest BCUT2D eigenvalue weighted by Gasteiger charge is -2.30. The smallest absolute Gasteiger partial charge is 0.272 e. The molecule has 3 rings (SSSR count). The highest BCUT2D eigenvalue weighted by atomic mass is 19.3. The van der Waals surface area contributed by atoms with Crippen molar-refractivity contribution in [3.05, 3.63) is 28.8 Å². The van der Waals surface area contributed by atoms with Crippen molar-refractivity contribution in [2.24, 2.45) is 0 Å². The monoisotopic (exact) mass is 348 g/mol. The number of allylic oxidation sites excluding steroid dienone is 1. The van der Waals surface area contributed by atoms with Gasteiger partial charge in [-0.1, -0.05) is 0 Å². The fourth-order valence-corrected chi connectivity index (χ4v) is 3.04. The molecule has 0 unspecified atom stereocenters. The number of Topliss-reactive ketones (excluding diaryl/α,β-unsaturated/α-hetero) is 1. The maximum absolute atomic E-state index is 12.6. The van der Waals surface area contributed by atoms with Gasteiger partial charge in [0.15, 0.2) is 5.78 Å². The summed E-state index contributed by atoms with van der Waals surface area (Å²) < 4.78 is 35.8. The lowest BCUT2D eigenvalue weighted by atomic mass is 10.0. The van der Waals surface area contributed by atoms with Crippen LogP contribution in [0, 0.1) is 11.3 Å². The van der Waals surface area contributed by atoms with Gasteiger partial charge in [0.2, 0.25) is 0 Å². The van der Waals surface area contributed by atoms with E-state index in [9.17, 15) is 13.6 Å². The van der Waals surface area contributed by atoms with Gasteiger partial charge in [0.05, 0.1) is 31.4 Å². The van der Waals surface area contributed by atoms with E-state index in [2.05, 4.69) is 0 Å². The minimum absolute atomic E-state index is 0.162. The minimum Gasteiger partial charge on any atom is -0.485 e. The molecule has 5 nitrogen and oxygen atoms in total. The van der Waals surface area contributed by atoms with Crippen LogP contribution in [0.3, 0.4) is 0 Å². The number of fused-ring (bicyclic) bond motifs is 1. The summed E-state index contributed by atoms with van der Waals surface area (Å²) in [5.41, 5.74) is 3.02. The Labute approximate surface area is 144 Å². The van der Waals surface area contributed by atoms with Crippen LogP contribution in [0.4, 0.5) is 14.5 Å². The zero-order chi connectivity index (χ0) is 17.8. The Morgan fingerprint density at radius 2 is 2.12 bits per heavy atom. The molecule has 0 radical (unpaired) electrons. The molecule has 1 heterocycles. The Bertz CT molecular complexity index is 735. The first-order valence-corrected chi connectivity index (χ1v) is 8.09. The number of ether oxygens (including phenoxy) is 2. The minimum atomic E-state index is -2.56. The number of nitrogens with zero attached hydrogens (tertiary/aromatic N) is 2. The summed E-state index contributed by atoms with van der Waals surface area (Å²) in [4.78, 5) is 14.0. The van der Waals surface area contributed by atoms with Gasteiger partial charge < -0.3 is 14.4 Å². The lowest BCUT2D eigenvalue weighted by molar-refractivity contribution is -0.114. The van der Waals surface area contributed by atoms with Gasteiger partial charge in [-0.2, -0.15) is 5.26 Å². The van der Waals surface area contributed by atoms with Crippen molar-refractivity contribution in [2.75, 3.05) is 37.8 Å². The predicted molar refractivity (Wildman–Crippen MR) is 87.9 cm³/mol. The van der Waals surface area contributed by atoms with Crippen LogP contribution in [0.5, 0.6) is 5.75 Å². The standard InChI is InChI=1S/C18H18F2N2O3/c19-18(20)11-25-17-10-13-8-14(16(23)1-2-21)7-12(13)9-15(17)22-3-5-24-6-4-22/h8-10,18H,1,3-7,11H2. The van der Waals surface area contributed by atoms with Gasteiger partial charge in [-0.15, -0.1) is 0 Å². The van der Waals surface area contributed by atoms with Gasteiger partial charge in [0.25, 0.3) is 6.43 Å². The van der Waals surface area contributed by atoms with Gasteiger partial charge in [-0.05, 0) is 29.3 Å². The number of alkyl halides is 2. The lowest BCUT2D eigenvalue weighted by Crippen LogP contribution is -2.36. The summed E-state index contributed by atoms with van der Waals surface area (Å²) in [6.45, 7) is 1.75. The van der Waals surface area contributed by atoms with Crippen molar-refractivity contribution >= 4 is 17.5 Å². The van der Waals surface area contributed by atoms with E-state index < -0.39 is 13.0 Å². The number of ketones is 1.